The summed E-state index contributed by atoms with van der Waals surface area (Å²) in [6.07, 6.45) is 0. The van der Waals surface area contributed by atoms with E-state index in [0.717, 1.165) is 11.1 Å². The molecule has 2 aromatic rings. The highest BCUT2D eigenvalue weighted by atomic mass is 32.2. The number of hydrogen-bond acceptors (Lipinski definition) is 2. The quantitative estimate of drug-likeness (QED) is 0.927. The van der Waals surface area contributed by atoms with Gasteiger partial charge in [0.2, 0.25) is 10.0 Å². The fourth-order valence-electron chi connectivity index (χ4n) is 3.40. The Morgan fingerprint density at radius 2 is 1.61 bits per heavy atom. The van der Waals surface area contributed by atoms with Gasteiger partial charge in [0.1, 0.15) is 0 Å². The highest BCUT2D eigenvalue weighted by Gasteiger charge is 2.44. The van der Waals surface area contributed by atoms with Crippen LogP contribution in [-0.4, -0.2) is 8.42 Å². The summed E-state index contributed by atoms with van der Waals surface area (Å²) in [5, 5.41) is 0. The van der Waals surface area contributed by atoms with Gasteiger partial charge >= 0.3 is 0 Å². The number of fused-ring (bicyclic) bond motifs is 1. The Morgan fingerprint density at radius 1 is 1.00 bits per heavy atom. The second kappa shape index (κ2) is 5.46. The van der Waals surface area contributed by atoms with Gasteiger partial charge in [0.25, 0.3) is 0 Å². The van der Waals surface area contributed by atoms with E-state index in [4.69, 9.17) is 0 Å². The van der Waals surface area contributed by atoms with Crippen LogP contribution in [0, 0.1) is 12.8 Å². The Morgan fingerprint density at radius 3 is 2.26 bits per heavy atom. The van der Waals surface area contributed by atoms with Gasteiger partial charge in [0, 0.05) is 0 Å². The number of aryl methyl sites for hydroxylation is 1. The average Bonchev–Trinajstić information content (AvgIpc) is 2.69. The Balaban J connectivity index is 1.98. The molecule has 2 atom stereocenters. The van der Waals surface area contributed by atoms with E-state index in [1.54, 1.807) is 12.1 Å². The van der Waals surface area contributed by atoms with Gasteiger partial charge in [-0.15, -0.1) is 0 Å². The smallest absolute Gasteiger partial charge is 0.207 e. The second-order valence-corrected chi connectivity index (χ2v) is 8.72. The molecule has 2 aromatic carbocycles. The highest BCUT2D eigenvalue weighted by molar-refractivity contribution is 7.89. The molecule has 0 saturated heterocycles. The van der Waals surface area contributed by atoms with Crippen LogP contribution >= 0.6 is 0 Å². The summed E-state index contributed by atoms with van der Waals surface area (Å²) in [6.45, 7) is 8.41. The molecule has 0 saturated carbocycles. The van der Waals surface area contributed by atoms with Crippen molar-refractivity contribution in [2.45, 2.75) is 44.0 Å². The van der Waals surface area contributed by atoms with Crippen LogP contribution in [0.5, 0.6) is 0 Å². The van der Waals surface area contributed by atoms with Crippen LogP contribution in [0.1, 0.15) is 43.5 Å². The number of hydrogen-bond donors (Lipinski definition) is 1. The molecule has 122 valence electrons. The van der Waals surface area contributed by atoms with Gasteiger partial charge in [-0.25, -0.2) is 13.1 Å². The van der Waals surface area contributed by atoms with Crippen molar-refractivity contribution in [3.63, 3.8) is 0 Å². The summed E-state index contributed by atoms with van der Waals surface area (Å²) in [6, 6.07) is 14.9. The second-order valence-electron chi connectivity index (χ2n) is 7.01. The normalized spacial score (nSPS) is 22.8. The predicted molar refractivity (Wildman–Crippen MR) is 92.9 cm³/mol. The van der Waals surface area contributed by atoms with E-state index in [1.165, 1.54) is 5.56 Å². The van der Waals surface area contributed by atoms with Gasteiger partial charge in [-0.3, -0.25) is 0 Å². The monoisotopic (exact) mass is 329 g/mol. The maximum absolute atomic E-state index is 12.8. The average molecular weight is 329 g/mol. The van der Waals surface area contributed by atoms with Crippen molar-refractivity contribution in [2.24, 2.45) is 5.92 Å². The zero-order valence-corrected chi connectivity index (χ0v) is 14.8. The van der Waals surface area contributed by atoms with Gasteiger partial charge in [0.15, 0.2) is 0 Å². The van der Waals surface area contributed by atoms with E-state index >= 15 is 0 Å². The Bertz CT molecular complexity index is 823. The number of benzene rings is 2. The molecule has 0 heterocycles. The fraction of sp³-hybridized carbons (Fsp3) is 0.368. The van der Waals surface area contributed by atoms with E-state index in [1.807, 2.05) is 37.3 Å². The molecule has 0 aliphatic heterocycles. The van der Waals surface area contributed by atoms with Crippen molar-refractivity contribution in [1.82, 2.24) is 4.72 Å². The largest absolute Gasteiger partial charge is 0.241 e. The molecule has 3 rings (SSSR count). The van der Waals surface area contributed by atoms with E-state index < -0.39 is 10.0 Å². The first-order valence-corrected chi connectivity index (χ1v) is 9.40. The lowest BCUT2D eigenvalue weighted by Gasteiger charge is -2.28. The minimum atomic E-state index is -3.54. The Kier molecular flexibility index (Phi) is 3.85. The van der Waals surface area contributed by atoms with Crippen LogP contribution in [0.4, 0.5) is 0 Å². The standard InChI is InChI=1S/C19H23NO2S/c1-13-9-11-15(12-10-13)23(21,22)20-18-14(2)19(3,4)17-8-6-5-7-16(17)18/h5-12,14,18,20H,1-4H3. The van der Waals surface area contributed by atoms with Gasteiger partial charge in [-0.2, -0.15) is 0 Å². The predicted octanol–water partition coefficient (Wildman–Crippen LogP) is 3.94. The van der Waals surface area contributed by atoms with Crippen molar-refractivity contribution in [3.05, 3.63) is 65.2 Å². The first kappa shape index (κ1) is 16.2. The van der Waals surface area contributed by atoms with Crippen LogP contribution in [0.15, 0.2) is 53.4 Å². The number of rotatable bonds is 3. The number of nitrogens with one attached hydrogen (secondary N) is 1. The van der Waals surface area contributed by atoms with Crippen LogP contribution in [0.3, 0.4) is 0 Å². The van der Waals surface area contributed by atoms with E-state index in [9.17, 15) is 8.42 Å². The van der Waals surface area contributed by atoms with E-state index in [-0.39, 0.29) is 17.4 Å². The van der Waals surface area contributed by atoms with Crippen molar-refractivity contribution < 1.29 is 8.42 Å². The molecular formula is C19H23NO2S. The summed E-state index contributed by atoms with van der Waals surface area (Å²) in [7, 11) is -3.54. The van der Waals surface area contributed by atoms with Crippen molar-refractivity contribution in [3.8, 4) is 0 Å². The van der Waals surface area contributed by atoms with Gasteiger partial charge in [-0.1, -0.05) is 62.7 Å². The van der Waals surface area contributed by atoms with Crippen LogP contribution in [0.25, 0.3) is 0 Å². The minimum absolute atomic E-state index is 0.0585. The Hall–Kier alpha value is -1.65. The summed E-state index contributed by atoms with van der Waals surface area (Å²) in [5.74, 6) is 0.181. The lowest BCUT2D eigenvalue weighted by atomic mass is 9.79. The maximum atomic E-state index is 12.8. The summed E-state index contributed by atoms with van der Waals surface area (Å²) in [5.41, 5.74) is 3.30. The summed E-state index contributed by atoms with van der Waals surface area (Å²) in [4.78, 5) is 0.317. The first-order chi connectivity index (χ1) is 10.7. The highest BCUT2D eigenvalue weighted by Crippen LogP contribution is 2.49. The third kappa shape index (κ3) is 2.70. The summed E-state index contributed by atoms with van der Waals surface area (Å²) < 4.78 is 28.4. The lowest BCUT2D eigenvalue weighted by molar-refractivity contribution is 0.320. The van der Waals surface area contributed by atoms with Crippen LogP contribution in [-0.2, 0) is 15.4 Å². The van der Waals surface area contributed by atoms with Crippen LogP contribution < -0.4 is 4.72 Å². The molecule has 1 N–H and O–H groups in total. The minimum Gasteiger partial charge on any atom is -0.207 e. The van der Waals surface area contributed by atoms with Crippen LogP contribution in [0.2, 0.25) is 0 Å². The molecule has 0 aromatic heterocycles. The molecule has 0 radical (unpaired) electrons. The van der Waals surface area contributed by atoms with Crippen molar-refractivity contribution in [1.29, 1.82) is 0 Å². The molecule has 1 aliphatic carbocycles. The molecule has 0 bridgehead atoms. The lowest BCUT2D eigenvalue weighted by Crippen LogP contribution is -2.34. The topological polar surface area (TPSA) is 46.2 Å². The third-order valence-corrected chi connectivity index (χ3v) is 6.70. The van der Waals surface area contributed by atoms with Gasteiger partial charge in [-0.05, 0) is 41.5 Å². The zero-order chi connectivity index (χ0) is 16.8. The zero-order valence-electron chi connectivity index (χ0n) is 14.0. The number of sulfonamides is 1. The third-order valence-electron chi connectivity index (χ3n) is 5.24. The SMILES string of the molecule is Cc1ccc(S(=O)(=O)NC2c3ccccc3C(C)(C)C2C)cc1. The van der Waals surface area contributed by atoms with Crippen molar-refractivity contribution in [2.75, 3.05) is 0 Å². The van der Waals surface area contributed by atoms with Gasteiger partial charge in [0.05, 0.1) is 10.9 Å². The molecule has 2 unspecified atom stereocenters. The molecule has 1 aliphatic rings. The molecule has 3 nitrogen and oxygen atoms in total. The molecule has 0 amide bonds. The molecule has 23 heavy (non-hydrogen) atoms. The van der Waals surface area contributed by atoms with Crippen molar-refractivity contribution >= 4 is 10.0 Å². The van der Waals surface area contributed by atoms with E-state index in [2.05, 4.69) is 31.6 Å². The maximum Gasteiger partial charge on any atom is 0.241 e. The molecule has 4 heteroatoms. The van der Waals surface area contributed by atoms with E-state index in [0.29, 0.717) is 4.90 Å². The molecular weight excluding hydrogens is 306 g/mol. The van der Waals surface area contributed by atoms with Gasteiger partial charge < -0.3 is 0 Å². The first-order valence-electron chi connectivity index (χ1n) is 7.92. The Labute approximate surface area is 138 Å². The summed E-state index contributed by atoms with van der Waals surface area (Å²) >= 11 is 0. The molecule has 0 fully saturated rings. The molecule has 0 spiro atoms. The fourth-order valence-corrected chi connectivity index (χ4v) is 4.70.